The van der Waals surface area contributed by atoms with E-state index in [0.717, 1.165) is 30.4 Å². The van der Waals surface area contributed by atoms with Gasteiger partial charge < -0.3 is 10.4 Å². The fourth-order valence-electron chi connectivity index (χ4n) is 2.27. The third-order valence-electron chi connectivity index (χ3n) is 3.32. The quantitative estimate of drug-likeness (QED) is 0.885. The number of benzene rings is 1. The molecule has 0 aliphatic carbocycles. The van der Waals surface area contributed by atoms with Gasteiger partial charge in [0.15, 0.2) is 0 Å². The van der Waals surface area contributed by atoms with Crippen molar-refractivity contribution in [3.05, 3.63) is 29.6 Å². The number of hydrogen-bond acceptors (Lipinski definition) is 3. The second kappa shape index (κ2) is 5.80. The van der Waals surface area contributed by atoms with Crippen molar-refractivity contribution in [3.63, 3.8) is 0 Å². The SMILES string of the molecule is CC(NC1CCS(=O)CC1)c1ccc(O)cc1F. The lowest BCUT2D eigenvalue weighted by molar-refractivity contribution is 0.415. The van der Waals surface area contributed by atoms with E-state index in [1.54, 1.807) is 6.07 Å². The second-order valence-corrected chi connectivity index (χ2v) is 6.41. The summed E-state index contributed by atoms with van der Waals surface area (Å²) < 4.78 is 24.9. The number of nitrogens with one attached hydrogen (secondary N) is 1. The number of aromatic hydroxyl groups is 1. The molecule has 1 aromatic rings. The Hall–Kier alpha value is -0.940. The molecule has 1 aliphatic rings. The maximum absolute atomic E-state index is 13.7. The van der Waals surface area contributed by atoms with Gasteiger partial charge in [-0.1, -0.05) is 6.07 Å². The number of phenols is 1. The minimum atomic E-state index is -0.675. The molecular weight excluding hydrogens is 253 g/mol. The van der Waals surface area contributed by atoms with Crippen molar-refractivity contribution in [1.29, 1.82) is 0 Å². The lowest BCUT2D eigenvalue weighted by Gasteiger charge is -2.26. The number of halogens is 1. The molecule has 5 heteroatoms. The Bertz CT molecular complexity index is 443. The Morgan fingerprint density at radius 2 is 2.11 bits per heavy atom. The van der Waals surface area contributed by atoms with Crippen LogP contribution in [0.5, 0.6) is 5.75 Å². The molecule has 1 saturated heterocycles. The molecule has 2 N–H and O–H groups in total. The van der Waals surface area contributed by atoms with Crippen molar-refractivity contribution in [3.8, 4) is 5.75 Å². The number of rotatable bonds is 3. The summed E-state index contributed by atoms with van der Waals surface area (Å²) in [5, 5.41) is 12.5. The van der Waals surface area contributed by atoms with E-state index in [1.165, 1.54) is 6.07 Å². The third-order valence-corrected chi connectivity index (χ3v) is 4.71. The van der Waals surface area contributed by atoms with E-state index in [0.29, 0.717) is 11.6 Å². The highest BCUT2D eigenvalue weighted by Crippen LogP contribution is 2.22. The summed E-state index contributed by atoms with van der Waals surface area (Å²) in [6.07, 6.45) is 1.74. The standard InChI is InChI=1S/C13H18FNO2S/c1-9(12-3-2-11(16)8-13(12)14)15-10-4-6-18(17)7-5-10/h2-3,8-10,15-16H,4-7H2,1H3. The molecule has 0 saturated carbocycles. The highest BCUT2D eigenvalue weighted by molar-refractivity contribution is 7.85. The monoisotopic (exact) mass is 271 g/mol. The van der Waals surface area contributed by atoms with E-state index in [9.17, 15) is 13.7 Å². The predicted octanol–water partition coefficient (Wildman–Crippen LogP) is 2.09. The molecule has 0 radical (unpaired) electrons. The highest BCUT2D eigenvalue weighted by Gasteiger charge is 2.21. The zero-order valence-corrected chi connectivity index (χ0v) is 11.2. The van der Waals surface area contributed by atoms with E-state index >= 15 is 0 Å². The smallest absolute Gasteiger partial charge is 0.131 e. The molecule has 100 valence electrons. The molecule has 3 nitrogen and oxygen atoms in total. The van der Waals surface area contributed by atoms with Crippen LogP contribution in [0.3, 0.4) is 0 Å². The zero-order valence-electron chi connectivity index (χ0n) is 10.4. The van der Waals surface area contributed by atoms with Gasteiger partial charge in [-0.05, 0) is 25.8 Å². The van der Waals surface area contributed by atoms with Gasteiger partial charge in [-0.2, -0.15) is 0 Å². The maximum Gasteiger partial charge on any atom is 0.131 e. The first-order chi connectivity index (χ1) is 8.56. The van der Waals surface area contributed by atoms with Crippen LogP contribution in [0.25, 0.3) is 0 Å². The average molecular weight is 271 g/mol. The van der Waals surface area contributed by atoms with E-state index in [-0.39, 0.29) is 11.8 Å². The summed E-state index contributed by atoms with van der Waals surface area (Å²) in [7, 11) is -0.675. The first-order valence-electron chi connectivity index (χ1n) is 6.15. The minimum Gasteiger partial charge on any atom is -0.508 e. The number of hydrogen-bond donors (Lipinski definition) is 2. The first-order valence-corrected chi connectivity index (χ1v) is 7.64. The van der Waals surface area contributed by atoms with E-state index < -0.39 is 16.6 Å². The zero-order chi connectivity index (χ0) is 13.1. The fraction of sp³-hybridized carbons (Fsp3) is 0.538. The molecule has 1 aromatic carbocycles. The van der Waals surface area contributed by atoms with Gasteiger partial charge in [-0.25, -0.2) is 4.39 Å². The summed E-state index contributed by atoms with van der Waals surface area (Å²) >= 11 is 0. The van der Waals surface area contributed by atoms with Crippen LogP contribution in [0.2, 0.25) is 0 Å². The molecule has 0 bridgehead atoms. The average Bonchev–Trinajstić information content (AvgIpc) is 2.32. The van der Waals surface area contributed by atoms with Crippen molar-refractivity contribution in [2.75, 3.05) is 11.5 Å². The topological polar surface area (TPSA) is 49.3 Å². The Kier molecular flexibility index (Phi) is 4.35. The summed E-state index contributed by atoms with van der Waals surface area (Å²) in [5.74, 6) is 0.996. The molecule has 1 aliphatic heterocycles. The van der Waals surface area contributed by atoms with Crippen LogP contribution in [0.15, 0.2) is 18.2 Å². The van der Waals surface area contributed by atoms with Gasteiger partial charge in [-0.15, -0.1) is 0 Å². The van der Waals surface area contributed by atoms with Gasteiger partial charge in [0.2, 0.25) is 0 Å². The van der Waals surface area contributed by atoms with Crippen LogP contribution in [-0.4, -0.2) is 26.9 Å². The lowest BCUT2D eigenvalue weighted by atomic mass is 10.0. The Morgan fingerprint density at radius 3 is 2.72 bits per heavy atom. The summed E-state index contributed by atoms with van der Waals surface area (Å²) in [6.45, 7) is 1.90. The lowest BCUT2D eigenvalue weighted by Crippen LogP contribution is -2.37. The van der Waals surface area contributed by atoms with Gasteiger partial charge in [0.25, 0.3) is 0 Å². The Morgan fingerprint density at radius 1 is 1.44 bits per heavy atom. The molecule has 2 rings (SSSR count). The van der Waals surface area contributed by atoms with E-state index in [1.807, 2.05) is 6.92 Å². The van der Waals surface area contributed by atoms with E-state index in [2.05, 4.69) is 5.32 Å². The molecule has 0 aromatic heterocycles. The van der Waals surface area contributed by atoms with Crippen molar-refractivity contribution < 1.29 is 13.7 Å². The normalized spacial score (nSPS) is 25.9. The molecule has 18 heavy (non-hydrogen) atoms. The minimum absolute atomic E-state index is 0.0588. The van der Waals surface area contributed by atoms with Crippen LogP contribution < -0.4 is 5.32 Å². The molecule has 1 fully saturated rings. The molecule has 1 unspecified atom stereocenters. The van der Waals surface area contributed by atoms with Crippen LogP contribution in [-0.2, 0) is 10.8 Å². The Labute approximate surface area is 109 Å². The summed E-state index contributed by atoms with van der Waals surface area (Å²) in [6, 6.07) is 4.41. The largest absolute Gasteiger partial charge is 0.508 e. The second-order valence-electron chi connectivity index (χ2n) is 4.72. The summed E-state index contributed by atoms with van der Waals surface area (Å²) in [4.78, 5) is 0. The molecule has 0 amide bonds. The van der Waals surface area contributed by atoms with Gasteiger partial charge in [0.1, 0.15) is 11.6 Å². The molecular formula is C13H18FNO2S. The summed E-state index contributed by atoms with van der Waals surface area (Å²) in [5.41, 5.74) is 0.555. The van der Waals surface area contributed by atoms with Crippen LogP contribution in [0, 0.1) is 5.82 Å². The molecule has 1 atom stereocenters. The number of phenolic OH excluding ortho intramolecular Hbond substituents is 1. The van der Waals surface area contributed by atoms with E-state index in [4.69, 9.17) is 0 Å². The van der Waals surface area contributed by atoms with Gasteiger partial charge in [0, 0.05) is 46.0 Å². The first kappa shape index (κ1) is 13.5. The van der Waals surface area contributed by atoms with Crippen LogP contribution >= 0.6 is 0 Å². The predicted molar refractivity (Wildman–Crippen MR) is 70.5 cm³/mol. The molecule has 0 spiro atoms. The van der Waals surface area contributed by atoms with Crippen molar-refractivity contribution >= 4 is 10.8 Å². The van der Waals surface area contributed by atoms with Crippen molar-refractivity contribution in [1.82, 2.24) is 5.32 Å². The van der Waals surface area contributed by atoms with Gasteiger partial charge >= 0.3 is 0 Å². The Balaban J connectivity index is 1.98. The van der Waals surface area contributed by atoms with Crippen molar-refractivity contribution in [2.45, 2.75) is 31.8 Å². The van der Waals surface area contributed by atoms with Gasteiger partial charge in [0.05, 0.1) is 0 Å². The molecule has 1 heterocycles. The van der Waals surface area contributed by atoms with Crippen LogP contribution in [0.4, 0.5) is 4.39 Å². The van der Waals surface area contributed by atoms with Crippen molar-refractivity contribution in [2.24, 2.45) is 0 Å². The van der Waals surface area contributed by atoms with Crippen LogP contribution in [0.1, 0.15) is 31.4 Å². The van der Waals surface area contributed by atoms with Gasteiger partial charge in [-0.3, -0.25) is 4.21 Å². The highest BCUT2D eigenvalue weighted by atomic mass is 32.2. The fourth-order valence-corrected chi connectivity index (χ4v) is 3.57. The third kappa shape index (κ3) is 3.29. The maximum atomic E-state index is 13.7.